The van der Waals surface area contributed by atoms with Crippen molar-refractivity contribution in [3.8, 4) is 0 Å². The molecule has 0 aliphatic carbocycles. The van der Waals surface area contributed by atoms with Gasteiger partial charge in [-0.1, -0.05) is 11.6 Å². The number of hydrogen-bond donors (Lipinski definition) is 3. The second kappa shape index (κ2) is 6.29. The number of H-pyrrole nitrogens is 1. The molecule has 0 fully saturated rings. The van der Waals surface area contributed by atoms with Gasteiger partial charge < -0.3 is 15.6 Å². The van der Waals surface area contributed by atoms with Crippen LogP contribution in [0.3, 0.4) is 0 Å². The first-order chi connectivity index (χ1) is 11.4. The molecule has 0 radical (unpaired) electrons. The molecule has 0 unspecified atom stereocenters. The normalized spacial score (nSPS) is 10.6. The van der Waals surface area contributed by atoms with Gasteiger partial charge >= 0.3 is 0 Å². The van der Waals surface area contributed by atoms with E-state index in [1.165, 1.54) is 25.4 Å². The topological polar surface area (TPSA) is 86.9 Å². The van der Waals surface area contributed by atoms with Crippen LogP contribution in [0.2, 0.25) is 5.02 Å². The summed E-state index contributed by atoms with van der Waals surface area (Å²) in [5, 5.41) is 5.59. The second-order valence-electron chi connectivity index (χ2n) is 5.08. The molecule has 6 nitrogen and oxygen atoms in total. The molecule has 0 saturated heterocycles. The van der Waals surface area contributed by atoms with E-state index in [1.54, 1.807) is 12.1 Å². The van der Waals surface area contributed by atoms with Crippen LogP contribution in [-0.2, 0) is 4.79 Å². The molecule has 2 amide bonds. The maximum absolute atomic E-state index is 13.7. The summed E-state index contributed by atoms with van der Waals surface area (Å²) in [5.41, 5.74) is 1.51. The van der Waals surface area contributed by atoms with Gasteiger partial charge in [0.25, 0.3) is 5.91 Å². The van der Waals surface area contributed by atoms with Gasteiger partial charge in [0.05, 0.1) is 28.8 Å². The van der Waals surface area contributed by atoms with Gasteiger partial charge in [0.15, 0.2) is 0 Å². The van der Waals surface area contributed by atoms with Crippen molar-refractivity contribution in [2.45, 2.75) is 6.92 Å². The zero-order valence-corrected chi connectivity index (χ0v) is 13.2. The number of carbonyl (C=O) groups is 2. The number of benzene rings is 2. The Morgan fingerprint density at radius 1 is 1.17 bits per heavy atom. The highest BCUT2D eigenvalue weighted by Gasteiger charge is 2.16. The number of nitrogens with one attached hydrogen (secondary N) is 3. The molecule has 0 spiro atoms. The summed E-state index contributed by atoms with van der Waals surface area (Å²) in [6.45, 7) is 1.35. The monoisotopic (exact) mass is 346 g/mol. The van der Waals surface area contributed by atoms with E-state index in [1.807, 2.05) is 0 Å². The number of imidazole rings is 1. The van der Waals surface area contributed by atoms with Crippen molar-refractivity contribution in [3.05, 3.63) is 53.1 Å². The molecule has 0 aliphatic heterocycles. The number of nitrogens with zero attached hydrogens (tertiary/aromatic N) is 1. The van der Waals surface area contributed by atoms with Gasteiger partial charge in [-0.3, -0.25) is 9.59 Å². The largest absolute Gasteiger partial charge is 0.344 e. The average Bonchev–Trinajstić information content (AvgIpc) is 2.96. The zero-order valence-electron chi connectivity index (χ0n) is 12.5. The summed E-state index contributed by atoms with van der Waals surface area (Å²) in [4.78, 5) is 30.6. The number of rotatable bonds is 3. The Hall–Kier alpha value is -2.93. The minimum Gasteiger partial charge on any atom is -0.344 e. The van der Waals surface area contributed by atoms with Gasteiger partial charge in [-0.25, -0.2) is 9.37 Å². The lowest BCUT2D eigenvalue weighted by atomic mass is 10.1. The number of aromatic nitrogens is 2. The first kappa shape index (κ1) is 15.9. The number of aromatic amines is 1. The summed E-state index contributed by atoms with van der Waals surface area (Å²) in [6.07, 6.45) is 1.38. The number of hydrogen-bond acceptors (Lipinski definition) is 3. The number of fused-ring (bicyclic) bond motifs is 1. The van der Waals surface area contributed by atoms with Crippen LogP contribution in [-0.4, -0.2) is 21.8 Å². The van der Waals surface area contributed by atoms with Crippen molar-refractivity contribution >= 4 is 45.8 Å². The van der Waals surface area contributed by atoms with E-state index < -0.39 is 11.7 Å². The van der Waals surface area contributed by atoms with Crippen molar-refractivity contribution in [3.63, 3.8) is 0 Å². The van der Waals surface area contributed by atoms with Crippen molar-refractivity contribution in [1.29, 1.82) is 0 Å². The summed E-state index contributed by atoms with van der Waals surface area (Å²) >= 11 is 5.94. The Balaban J connectivity index is 1.98. The number of anilines is 2. The van der Waals surface area contributed by atoms with Crippen LogP contribution < -0.4 is 10.6 Å². The molecule has 0 saturated carbocycles. The Kier molecular flexibility index (Phi) is 4.18. The van der Waals surface area contributed by atoms with Crippen LogP contribution in [0.25, 0.3) is 11.0 Å². The van der Waals surface area contributed by atoms with E-state index >= 15 is 0 Å². The highest BCUT2D eigenvalue weighted by molar-refractivity contribution is 6.31. The number of halogens is 2. The van der Waals surface area contributed by atoms with Gasteiger partial charge in [-0.2, -0.15) is 0 Å². The Labute approximate surface area is 141 Å². The quantitative estimate of drug-likeness (QED) is 0.677. The lowest BCUT2D eigenvalue weighted by Gasteiger charge is -2.12. The lowest BCUT2D eigenvalue weighted by Crippen LogP contribution is -2.16. The van der Waals surface area contributed by atoms with E-state index in [0.29, 0.717) is 27.4 Å². The van der Waals surface area contributed by atoms with Crippen molar-refractivity contribution in [2.24, 2.45) is 0 Å². The van der Waals surface area contributed by atoms with Crippen molar-refractivity contribution in [2.75, 3.05) is 10.6 Å². The molecule has 1 aromatic heterocycles. The molecule has 122 valence electrons. The fraction of sp³-hybridized carbons (Fsp3) is 0.0625. The maximum atomic E-state index is 13.7. The lowest BCUT2D eigenvalue weighted by molar-refractivity contribution is -0.114. The fourth-order valence-electron chi connectivity index (χ4n) is 2.30. The Morgan fingerprint density at radius 2 is 1.96 bits per heavy atom. The third kappa shape index (κ3) is 3.21. The van der Waals surface area contributed by atoms with E-state index in [9.17, 15) is 14.0 Å². The predicted molar refractivity (Wildman–Crippen MR) is 89.8 cm³/mol. The minimum absolute atomic E-state index is 0.0694. The van der Waals surface area contributed by atoms with Crippen LogP contribution in [0, 0.1) is 5.82 Å². The SMILES string of the molecule is CC(=O)Nc1ccc(Cl)cc1NC(=O)c1cc(F)cc2[nH]cnc12. The summed E-state index contributed by atoms with van der Waals surface area (Å²) < 4.78 is 13.7. The maximum Gasteiger partial charge on any atom is 0.258 e. The Bertz CT molecular complexity index is 954. The van der Waals surface area contributed by atoms with Crippen molar-refractivity contribution in [1.82, 2.24) is 9.97 Å². The number of carbonyl (C=O) groups excluding carboxylic acids is 2. The molecule has 3 N–H and O–H groups in total. The van der Waals surface area contributed by atoms with E-state index in [0.717, 1.165) is 6.07 Å². The third-order valence-electron chi connectivity index (χ3n) is 3.27. The fourth-order valence-corrected chi connectivity index (χ4v) is 2.47. The summed E-state index contributed by atoms with van der Waals surface area (Å²) in [5.74, 6) is -1.43. The first-order valence-corrected chi connectivity index (χ1v) is 7.33. The molecule has 24 heavy (non-hydrogen) atoms. The molecule has 3 rings (SSSR count). The second-order valence-corrected chi connectivity index (χ2v) is 5.51. The van der Waals surface area contributed by atoms with Gasteiger partial charge in [-0.15, -0.1) is 0 Å². The van der Waals surface area contributed by atoms with E-state index in [-0.39, 0.29) is 11.5 Å². The molecular weight excluding hydrogens is 335 g/mol. The van der Waals surface area contributed by atoms with Crippen LogP contribution in [0.15, 0.2) is 36.7 Å². The molecule has 0 bridgehead atoms. The summed E-state index contributed by atoms with van der Waals surface area (Å²) in [6, 6.07) is 6.99. The highest BCUT2D eigenvalue weighted by Crippen LogP contribution is 2.27. The first-order valence-electron chi connectivity index (χ1n) is 6.95. The van der Waals surface area contributed by atoms with Crippen LogP contribution in [0.5, 0.6) is 0 Å². The van der Waals surface area contributed by atoms with Gasteiger partial charge in [0, 0.05) is 11.9 Å². The average molecular weight is 347 g/mol. The van der Waals surface area contributed by atoms with Crippen LogP contribution in [0.4, 0.5) is 15.8 Å². The Morgan fingerprint density at radius 3 is 2.71 bits per heavy atom. The molecule has 0 atom stereocenters. The van der Waals surface area contributed by atoms with Crippen LogP contribution >= 0.6 is 11.6 Å². The van der Waals surface area contributed by atoms with Crippen LogP contribution in [0.1, 0.15) is 17.3 Å². The van der Waals surface area contributed by atoms with Gasteiger partial charge in [0.1, 0.15) is 11.3 Å². The summed E-state index contributed by atoms with van der Waals surface area (Å²) in [7, 11) is 0. The molecule has 3 aromatic rings. The molecule has 2 aromatic carbocycles. The number of amides is 2. The van der Waals surface area contributed by atoms with E-state index in [2.05, 4.69) is 20.6 Å². The minimum atomic E-state index is -0.569. The van der Waals surface area contributed by atoms with Crippen molar-refractivity contribution < 1.29 is 14.0 Å². The zero-order chi connectivity index (χ0) is 17.3. The van der Waals surface area contributed by atoms with E-state index in [4.69, 9.17) is 11.6 Å². The van der Waals surface area contributed by atoms with Gasteiger partial charge in [-0.05, 0) is 30.3 Å². The predicted octanol–water partition coefficient (Wildman–Crippen LogP) is 3.57. The highest BCUT2D eigenvalue weighted by atomic mass is 35.5. The van der Waals surface area contributed by atoms with Gasteiger partial charge in [0.2, 0.25) is 5.91 Å². The molecule has 8 heteroatoms. The standard InChI is InChI=1S/C16H12ClFN4O2/c1-8(23)21-12-3-2-9(17)4-13(12)22-16(24)11-5-10(18)6-14-15(11)20-7-19-14/h2-7H,1H3,(H,19,20)(H,21,23)(H,22,24). The molecule has 0 aliphatic rings. The smallest absolute Gasteiger partial charge is 0.258 e. The molecule has 1 heterocycles. The third-order valence-corrected chi connectivity index (χ3v) is 3.51. The molecular formula is C16H12ClFN4O2.